The van der Waals surface area contributed by atoms with Crippen molar-refractivity contribution in [1.82, 2.24) is 0 Å². The smallest absolute Gasteiger partial charge is 0.229 e. The molecule has 0 fully saturated rings. The normalized spacial score (nSPS) is 16.1. The molecule has 0 spiro atoms. The number of allylic oxidation sites excluding steroid dienone is 4. The van der Waals surface area contributed by atoms with Gasteiger partial charge < -0.3 is 0 Å². The first-order valence-corrected chi connectivity index (χ1v) is 9.67. The van der Waals surface area contributed by atoms with E-state index in [0.29, 0.717) is 16.8 Å². The van der Waals surface area contributed by atoms with Crippen molar-refractivity contribution in [3.05, 3.63) is 47.1 Å². The molecule has 0 N–H and O–H groups in total. The Morgan fingerprint density at radius 2 is 1.32 bits per heavy atom. The lowest BCUT2D eigenvalue weighted by Crippen LogP contribution is -2.37. The molecule has 0 bridgehead atoms. The second-order valence-corrected chi connectivity index (χ2v) is 10.6. The van der Waals surface area contributed by atoms with Crippen LogP contribution in [0, 0.1) is 5.41 Å². The minimum absolute atomic E-state index is 0.172. The molecule has 0 saturated heterocycles. The van der Waals surface area contributed by atoms with E-state index >= 15 is 0 Å². The van der Waals surface area contributed by atoms with Crippen molar-refractivity contribution in [2.75, 3.05) is 5.06 Å². The van der Waals surface area contributed by atoms with Gasteiger partial charge in [-0.1, -0.05) is 52.8 Å². The third-order valence-electron chi connectivity index (χ3n) is 4.82. The Hall–Kier alpha value is -2.20. The molecule has 4 heteroatoms. The van der Waals surface area contributed by atoms with Gasteiger partial charge >= 0.3 is 0 Å². The molecule has 0 saturated carbocycles. The number of rotatable bonds is 2. The molecule has 4 nitrogen and oxygen atoms in total. The first-order valence-electron chi connectivity index (χ1n) is 9.67. The van der Waals surface area contributed by atoms with Gasteiger partial charge in [0.05, 0.1) is 11.2 Å². The number of carbonyl (C=O) groups excluding carboxylic acids is 2. The summed E-state index contributed by atoms with van der Waals surface area (Å²) >= 11 is 0. The highest BCUT2D eigenvalue weighted by molar-refractivity contribution is 6.50. The van der Waals surface area contributed by atoms with E-state index < -0.39 is 22.5 Å². The Bertz CT molecular complexity index is 869. The Labute approximate surface area is 168 Å². The van der Waals surface area contributed by atoms with Gasteiger partial charge in [0.2, 0.25) is 11.6 Å². The summed E-state index contributed by atoms with van der Waals surface area (Å²) in [5, 5.41) is 13.9. The van der Waals surface area contributed by atoms with Gasteiger partial charge in [-0.2, -0.15) is 0 Å². The Balaban J connectivity index is 2.71. The van der Waals surface area contributed by atoms with Crippen molar-refractivity contribution in [2.45, 2.75) is 73.3 Å². The van der Waals surface area contributed by atoms with E-state index in [4.69, 9.17) is 0 Å². The highest BCUT2D eigenvalue weighted by Crippen LogP contribution is 2.37. The van der Waals surface area contributed by atoms with Crippen LogP contribution in [0.15, 0.2) is 35.9 Å². The Morgan fingerprint density at radius 3 is 1.79 bits per heavy atom. The molecular weight excluding hydrogens is 350 g/mol. The predicted molar refractivity (Wildman–Crippen MR) is 114 cm³/mol. The molecule has 0 aromatic heterocycles. The summed E-state index contributed by atoms with van der Waals surface area (Å²) in [6.45, 7) is 17.6. The number of anilines is 1. The van der Waals surface area contributed by atoms with E-state index in [-0.39, 0.29) is 5.41 Å². The van der Waals surface area contributed by atoms with Crippen molar-refractivity contribution in [2.24, 2.45) is 5.41 Å². The molecule has 0 atom stereocenters. The monoisotopic (exact) mass is 382 g/mol. The molecule has 0 aliphatic heterocycles. The zero-order valence-corrected chi connectivity index (χ0v) is 18.6. The lowest BCUT2D eigenvalue weighted by molar-refractivity contribution is -0.132. The molecule has 0 heterocycles. The summed E-state index contributed by atoms with van der Waals surface area (Å²) in [6.07, 6.45) is 3.18. The molecule has 1 radical (unpaired) electrons. The van der Waals surface area contributed by atoms with Crippen LogP contribution in [-0.2, 0) is 20.2 Å². The zero-order chi connectivity index (χ0) is 21.7. The van der Waals surface area contributed by atoms with E-state index in [0.717, 1.165) is 16.2 Å². The van der Waals surface area contributed by atoms with Gasteiger partial charge in [-0.15, -0.1) is 0 Å². The quantitative estimate of drug-likeness (QED) is 0.389. The van der Waals surface area contributed by atoms with Crippen LogP contribution in [-0.4, -0.2) is 17.1 Å². The second-order valence-electron chi connectivity index (χ2n) is 10.6. The Kier molecular flexibility index (Phi) is 5.52. The first-order chi connectivity index (χ1) is 12.5. The highest BCUT2D eigenvalue weighted by atomic mass is 16.5. The van der Waals surface area contributed by atoms with E-state index in [1.165, 1.54) is 6.08 Å². The van der Waals surface area contributed by atoms with Crippen LogP contribution in [0.1, 0.15) is 73.4 Å². The first kappa shape index (κ1) is 22.1. The Morgan fingerprint density at radius 1 is 0.750 bits per heavy atom. The van der Waals surface area contributed by atoms with Crippen LogP contribution in [0.25, 0.3) is 5.57 Å². The van der Waals surface area contributed by atoms with Gasteiger partial charge in [0.15, 0.2) is 0 Å². The number of hydrogen-bond donors (Lipinski definition) is 0. The number of hydroxylamine groups is 1. The fraction of sp³-hybridized carbons (Fsp3) is 0.500. The molecule has 28 heavy (non-hydrogen) atoms. The van der Waals surface area contributed by atoms with Gasteiger partial charge in [0.1, 0.15) is 0 Å². The van der Waals surface area contributed by atoms with Crippen LogP contribution >= 0.6 is 0 Å². The van der Waals surface area contributed by atoms with E-state index in [9.17, 15) is 14.8 Å². The standard InChI is InChI=1S/C24H32NO3/c1-22(2,3)17-10-15(11-18(14-17)25(28)24(7,8)9)16-12-19(23(4,5)6)21(27)20(26)13-16/h10-14H,1-9H3. The average molecular weight is 383 g/mol. The van der Waals surface area contributed by atoms with Crippen LogP contribution in [0.5, 0.6) is 0 Å². The fourth-order valence-corrected chi connectivity index (χ4v) is 3.04. The summed E-state index contributed by atoms with van der Waals surface area (Å²) in [6, 6.07) is 5.72. The third kappa shape index (κ3) is 4.61. The van der Waals surface area contributed by atoms with Crippen LogP contribution in [0.3, 0.4) is 0 Å². The molecule has 0 unspecified atom stereocenters. The number of ketones is 2. The van der Waals surface area contributed by atoms with Crippen molar-refractivity contribution in [3.63, 3.8) is 0 Å². The summed E-state index contributed by atoms with van der Waals surface area (Å²) in [4.78, 5) is 24.7. The molecule has 0 amide bonds. The maximum Gasteiger partial charge on any atom is 0.229 e. The van der Waals surface area contributed by atoms with Gasteiger partial charge in [0, 0.05) is 5.57 Å². The summed E-state index contributed by atoms with van der Waals surface area (Å²) < 4.78 is 0. The molecule has 2 rings (SSSR count). The largest absolute Gasteiger partial charge is 0.286 e. The maximum atomic E-state index is 12.9. The minimum atomic E-state index is -0.590. The third-order valence-corrected chi connectivity index (χ3v) is 4.82. The molecular formula is C24H32NO3. The van der Waals surface area contributed by atoms with Gasteiger partial charge in [-0.3, -0.25) is 9.59 Å². The second kappa shape index (κ2) is 7.00. The summed E-state index contributed by atoms with van der Waals surface area (Å²) in [5.74, 6) is -0.969. The lowest BCUT2D eigenvalue weighted by Gasteiger charge is -2.31. The van der Waals surface area contributed by atoms with Crippen molar-refractivity contribution >= 4 is 22.8 Å². The van der Waals surface area contributed by atoms with E-state index in [1.807, 2.05) is 53.7 Å². The molecule has 1 aromatic carbocycles. The SMILES string of the molecule is CC(C)(C)C1=CC(c2cc(N([O])C(C)(C)C)cc(C(C)(C)C)c2)=CC(=O)C1=O. The fourth-order valence-electron chi connectivity index (χ4n) is 3.04. The minimum Gasteiger partial charge on any atom is -0.286 e. The highest BCUT2D eigenvalue weighted by Gasteiger charge is 2.32. The summed E-state index contributed by atoms with van der Waals surface area (Å²) in [7, 11) is 0. The van der Waals surface area contributed by atoms with E-state index in [2.05, 4.69) is 20.8 Å². The molecule has 1 aliphatic rings. The maximum absolute atomic E-state index is 12.9. The molecule has 1 aromatic rings. The van der Waals surface area contributed by atoms with Crippen molar-refractivity contribution in [1.29, 1.82) is 0 Å². The topological polar surface area (TPSA) is 57.3 Å². The predicted octanol–water partition coefficient (Wildman–Crippen LogP) is 5.44. The van der Waals surface area contributed by atoms with E-state index in [1.54, 1.807) is 12.1 Å². The number of nitrogens with zero attached hydrogens (tertiary/aromatic N) is 1. The number of benzene rings is 1. The van der Waals surface area contributed by atoms with Crippen LogP contribution < -0.4 is 5.06 Å². The average Bonchev–Trinajstić information content (AvgIpc) is 2.53. The van der Waals surface area contributed by atoms with Gasteiger partial charge in [-0.25, -0.2) is 5.06 Å². The van der Waals surface area contributed by atoms with Gasteiger partial charge in [0.25, 0.3) is 0 Å². The van der Waals surface area contributed by atoms with Crippen LogP contribution in [0.2, 0.25) is 0 Å². The van der Waals surface area contributed by atoms with Crippen molar-refractivity contribution < 1.29 is 14.8 Å². The lowest BCUT2D eigenvalue weighted by atomic mass is 9.77. The molecule has 1 aliphatic carbocycles. The van der Waals surface area contributed by atoms with Crippen LogP contribution in [0.4, 0.5) is 5.69 Å². The molecule has 151 valence electrons. The number of hydrogen-bond acceptors (Lipinski definition) is 3. The number of Topliss-reactive ketones (excluding diaryl/α,β-unsaturated/α-hetero) is 1. The van der Waals surface area contributed by atoms with Crippen molar-refractivity contribution in [3.8, 4) is 0 Å². The van der Waals surface area contributed by atoms with Gasteiger partial charge in [-0.05, 0) is 72.6 Å². The number of carbonyl (C=O) groups is 2. The summed E-state index contributed by atoms with van der Waals surface area (Å²) in [5.41, 5.74) is 2.29. The zero-order valence-electron chi connectivity index (χ0n) is 18.6.